The number of nitrogens with zero attached hydrogens (tertiary/aromatic N) is 1. The van der Waals surface area contributed by atoms with Crippen LogP contribution in [0.25, 0.3) is 0 Å². The topological polar surface area (TPSA) is 37.9 Å². The third-order valence-electron chi connectivity index (χ3n) is 3.83. The van der Waals surface area contributed by atoms with E-state index in [9.17, 15) is 9.18 Å². The number of hydrogen-bond acceptors (Lipinski definition) is 2. The normalized spacial score (nSPS) is 16.1. The zero-order chi connectivity index (χ0) is 14.7. The summed E-state index contributed by atoms with van der Waals surface area (Å²) in [6.07, 6.45) is 1.51. The second-order valence-electron chi connectivity index (χ2n) is 5.33. The van der Waals surface area contributed by atoms with Gasteiger partial charge < -0.3 is 14.2 Å². The highest BCUT2D eigenvalue weighted by Gasteiger charge is 2.25. The van der Waals surface area contributed by atoms with E-state index in [1.807, 2.05) is 11.0 Å². The molecular weight excluding hydrogens is 271 g/mol. The number of furan rings is 1. The smallest absolute Gasteiger partial charge is 0.289 e. The average Bonchev–Trinajstić information content (AvgIpc) is 3.01. The molecule has 2 heterocycles. The third-order valence-corrected chi connectivity index (χ3v) is 3.83. The Bertz CT molecular complexity index is 604. The molecule has 0 radical (unpaired) electrons. The van der Waals surface area contributed by atoms with Gasteiger partial charge in [0, 0.05) is 5.56 Å². The first-order valence-electron chi connectivity index (χ1n) is 7.13. The maximum atomic E-state index is 13.2. The van der Waals surface area contributed by atoms with Gasteiger partial charge in [-0.3, -0.25) is 4.79 Å². The van der Waals surface area contributed by atoms with Crippen molar-refractivity contribution in [1.82, 2.24) is 4.90 Å². The lowest BCUT2D eigenvalue weighted by atomic mass is 10.2. The van der Waals surface area contributed by atoms with E-state index in [2.05, 4.69) is 0 Å². The molecule has 0 spiro atoms. The summed E-state index contributed by atoms with van der Waals surface area (Å²) in [6, 6.07) is 10.1. The molecule has 1 N–H and O–H groups in total. The van der Waals surface area contributed by atoms with Crippen molar-refractivity contribution in [2.45, 2.75) is 6.54 Å². The number of nitrogens with one attached hydrogen (secondary N) is 1. The maximum absolute atomic E-state index is 13.2. The Hall–Kier alpha value is -2.14. The number of benzene rings is 1. The van der Waals surface area contributed by atoms with E-state index in [-0.39, 0.29) is 11.7 Å². The average molecular weight is 289 g/mol. The standard InChI is InChI=1S/C16H17FN2O2/c17-14-4-1-3-13(11-14)12-18-6-8-19(9-7-18)16(20)15-5-2-10-21-15/h1-5,10-11H,6-9,12H2/p+1. The largest absolute Gasteiger partial charge is 0.459 e. The van der Waals surface area contributed by atoms with Gasteiger partial charge >= 0.3 is 0 Å². The first-order valence-corrected chi connectivity index (χ1v) is 7.13. The van der Waals surface area contributed by atoms with E-state index in [0.717, 1.165) is 25.2 Å². The number of halogens is 1. The molecule has 5 heteroatoms. The number of hydrogen-bond donors (Lipinski definition) is 1. The van der Waals surface area contributed by atoms with Crippen LogP contribution in [-0.2, 0) is 6.54 Å². The van der Waals surface area contributed by atoms with Crippen molar-refractivity contribution in [2.24, 2.45) is 0 Å². The second kappa shape index (κ2) is 6.10. The van der Waals surface area contributed by atoms with Crippen LogP contribution >= 0.6 is 0 Å². The summed E-state index contributed by atoms with van der Waals surface area (Å²) in [7, 11) is 0. The molecule has 2 aromatic rings. The lowest BCUT2D eigenvalue weighted by Gasteiger charge is -2.31. The van der Waals surface area contributed by atoms with Crippen molar-refractivity contribution in [1.29, 1.82) is 0 Å². The molecule has 0 unspecified atom stereocenters. The Morgan fingerprint density at radius 1 is 1.24 bits per heavy atom. The minimum atomic E-state index is -0.196. The predicted molar refractivity (Wildman–Crippen MR) is 75.4 cm³/mol. The van der Waals surface area contributed by atoms with Gasteiger partial charge in [-0.05, 0) is 24.3 Å². The van der Waals surface area contributed by atoms with Gasteiger partial charge in [-0.2, -0.15) is 0 Å². The van der Waals surface area contributed by atoms with Gasteiger partial charge in [-0.1, -0.05) is 12.1 Å². The van der Waals surface area contributed by atoms with Gasteiger partial charge in [-0.15, -0.1) is 0 Å². The lowest BCUT2D eigenvalue weighted by molar-refractivity contribution is -0.917. The maximum Gasteiger partial charge on any atom is 0.289 e. The number of carbonyl (C=O) groups is 1. The van der Waals surface area contributed by atoms with Crippen LogP contribution in [0, 0.1) is 5.82 Å². The van der Waals surface area contributed by atoms with Gasteiger partial charge in [0.25, 0.3) is 5.91 Å². The van der Waals surface area contributed by atoms with Crippen molar-refractivity contribution < 1.29 is 18.5 Å². The Morgan fingerprint density at radius 2 is 2.05 bits per heavy atom. The second-order valence-corrected chi connectivity index (χ2v) is 5.33. The summed E-state index contributed by atoms with van der Waals surface area (Å²) in [5, 5.41) is 0. The number of quaternary nitrogens is 1. The van der Waals surface area contributed by atoms with Crippen molar-refractivity contribution >= 4 is 5.91 Å². The molecule has 0 bridgehead atoms. The molecular formula is C16H18FN2O2+. The van der Waals surface area contributed by atoms with E-state index in [0.29, 0.717) is 18.8 Å². The molecule has 1 amide bonds. The summed E-state index contributed by atoms with van der Waals surface area (Å²) < 4.78 is 18.3. The first kappa shape index (κ1) is 13.8. The zero-order valence-corrected chi connectivity index (χ0v) is 11.7. The molecule has 4 nitrogen and oxygen atoms in total. The third kappa shape index (κ3) is 3.31. The van der Waals surface area contributed by atoms with Gasteiger partial charge in [-0.25, -0.2) is 4.39 Å². The summed E-state index contributed by atoms with van der Waals surface area (Å²) >= 11 is 0. The van der Waals surface area contributed by atoms with Crippen LogP contribution in [0.3, 0.4) is 0 Å². The molecule has 21 heavy (non-hydrogen) atoms. The molecule has 3 rings (SSSR count). The Kier molecular flexibility index (Phi) is 4.01. The van der Waals surface area contributed by atoms with Crippen LogP contribution in [-0.4, -0.2) is 37.0 Å². The summed E-state index contributed by atoms with van der Waals surface area (Å²) in [6.45, 7) is 3.92. The van der Waals surface area contributed by atoms with Crippen LogP contribution in [0.1, 0.15) is 16.1 Å². The van der Waals surface area contributed by atoms with Crippen molar-refractivity contribution in [3.8, 4) is 0 Å². The van der Waals surface area contributed by atoms with Crippen LogP contribution in [0.5, 0.6) is 0 Å². The summed E-state index contributed by atoms with van der Waals surface area (Å²) in [4.78, 5) is 15.3. The summed E-state index contributed by atoms with van der Waals surface area (Å²) in [5.74, 6) is 0.145. The summed E-state index contributed by atoms with van der Waals surface area (Å²) in [5.41, 5.74) is 0.996. The van der Waals surface area contributed by atoms with E-state index in [1.54, 1.807) is 24.3 Å². The molecule has 110 valence electrons. The van der Waals surface area contributed by atoms with Crippen molar-refractivity contribution in [3.05, 3.63) is 59.8 Å². The van der Waals surface area contributed by atoms with Gasteiger partial charge in [0.1, 0.15) is 12.4 Å². The van der Waals surface area contributed by atoms with E-state index in [1.165, 1.54) is 17.2 Å². The number of rotatable bonds is 3. The van der Waals surface area contributed by atoms with E-state index >= 15 is 0 Å². The van der Waals surface area contributed by atoms with E-state index in [4.69, 9.17) is 4.42 Å². The van der Waals surface area contributed by atoms with Crippen LogP contribution in [0.4, 0.5) is 4.39 Å². The Balaban J connectivity index is 1.54. The van der Waals surface area contributed by atoms with Gasteiger partial charge in [0.2, 0.25) is 0 Å². The molecule has 0 saturated carbocycles. The number of amides is 1. The van der Waals surface area contributed by atoms with Gasteiger partial charge in [0.05, 0.1) is 32.4 Å². The quantitative estimate of drug-likeness (QED) is 0.914. The molecule has 1 saturated heterocycles. The SMILES string of the molecule is O=C(c1ccco1)N1CC[NH+](Cc2cccc(F)c2)CC1. The highest BCUT2D eigenvalue weighted by atomic mass is 19.1. The molecule has 0 aliphatic carbocycles. The van der Waals surface area contributed by atoms with Crippen LogP contribution in [0.2, 0.25) is 0 Å². The minimum absolute atomic E-state index is 0.0511. The fraction of sp³-hybridized carbons (Fsp3) is 0.312. The van der Waals surface area contributed by atoms with Crippen molar-refractivity contribution in [3.63, 3.8) is 0 Å². The minimum Gasteiger partial charge on any atom is -0.459 e. The van der Waals surface area contributed by atoms with E-state index < -0.39 is 0 Å². The van der Waals surface area contributed by atoms with Gasteiger partial charge in [0.15, 0.2) is 5.76 Å². The van der Waals surface area contributed by atoms with Crippen molar-refractivity contribution in [2.75, 3.05) is 26.2 Å². The molecule has 1 fully saturated rings. The van der Waals surface area contributed by atoms with Crippen LogP contribution in [0.15, 0.2) is 47.1 Å². The molecule has 1 aromatic heterocycles. The molecule has 1 aliphatic heterocycles. The van der Waals surface area contributed by atoms with Crippen LogP contribution < -0.4 is 4.90 Å². The fourth-order valence-corrected chi connectivity index (χ4v) is 2.69. The molecule has 1 aromatic carbocycles. The first-order chi connectivity index (χ1) is 10.2. The lowest BCUT2D eigenvalue weighted by Crippen LogP contribution is -3.13. The zero-order valence-electron chi connectivity index (χ0n) is 11.7. The Labute approximate surface area is 122 Å². The monoisotopic (exact) mass is 289 g/mol. The fourth-order valence-electron chi connectivity index (χ4n) is 2.69. The number of carbonyl (C=O) groups excluding carboxylic acids is 1. The Morgan fingerprint density at radius 3 is 2.71 bits per heavy atom. The molecule has 0 atom stereocenters. The highest BCUT2D eigenvalue weighted by molar-refractivity contribution is 5.91. The predicted octanol–water partition coefficient (Wildman–Crippen LogP) is 0.960. The molecule has 1 aliphatic rings. The number of piperazine rings is 1. The highest BCUT2D eigenvalue weighted by Crippen LogP contribution is 2.06.